The summed E-state index contributed by atoms with van der Waals surface area (Å²) >= 11 is 1.46. The average molecular weight is 285 g/mol. The van der Waals surface area contributed by atoms with E-state index >= 15 is 0 Å². The van der Waals surface area contributed by atoms with Gasteiger partial charge < -0.3 is 10.1 Å². The molecule has 19 heavy (non-hydrogen) atoms. The fourth-order valence-corrected chi connectivity index (χ4v) is 2.43. The molecule has 0 aliphatic carbocycles. The number of carbonyl (C=O) groups excluding carboxylic acids is 1. The predicted octanol–water partition coefficient (Wildman–Crippen LogP) is 2.98. The fourth-order valence-electron chi connectivity index (χ4n) is 1.55. The van der Waals surface area contributed by atoms with Gasteiger partial charge in [0.15, 0.2) is 0 Å². The van der Waals surface area contributed by atoms with E-state index in [-0.39, 0.29) is 23.0 Å². The van der Waals surface area contributed by atoms with Gasteiger partial charge in [-0.3, -0.25) is 4.79 Å². The Morgan fingerprint density at radius 2 is 2.11 bits per heavy atom. The molecule has 1 N–H and O–H groups in total. The molecule has 0 aliphatic rings. The van der Waals surface area contributed by atoms with Crippen LogP contribution in [0.4, 0.5) is 4.39 Å². The van der Waals surface area contributed by atoms with Crippen molar-refractivity contribution in [3.8, 4) is 5.75 Å². The van der Waals surface area contributed by atoms with Crippen LogP contribution in [-0.4, -0.2) is 24.3 Å². The van der Waals surface area contributed by atoms with Crippen LogP contribution in [0.5, 0.6) is 5.75 Å². The van der Waals surface area contributed by atoms with Crippen LogP contribution in [0.3, 0.4) is 0 Å². The normalized spacial score (nSPS) is 12.3. The van der Waals surface area contributed by atoms with E-state index < -0.39 is 0 Å². The van der Waals surface area contributed by atoms with Gasteiger partial charge in [0.1, 0.15) is 11.6 Å². The number of hydrogen-bond donors (Lipinski definition) is 1. The molecule has 1 atom stereocenters. The Kier molecular flexibility index (Phi) is 6.15. The van der Waals surface area contributed by atoms with Crippen LogP contribution in [0.1, 0.15) is 26.3 Å². The number of halogens is 1. The van der Waals surface area contributed by atoms with E-state index in [1.54, 1.807) is 13.2 Å². The van der Waals surface area contributed by atoms with Crippen LogP contribution in [0.2, 0.25) is 0 Å². The van der Waals surface area contributed by atoms with Gasteiger partial charge in [-0.05, 0) is 39.0 Å². The molecule has 1 rings (SSSR count). The van der Waals surface area contributed by atoms with Gasteiger partial charge in [0.2, 0.25) is 5.91 Å². The maximum atomic E-state index is 13.2. The molecule has 0 aromatic heterocycles. The SMILES string of the molecule is COc1ccc(F)cc1CS[C@@H](C)C(=O)NC(C)C. The summed E-state index contributed by atoms with van der Waals surface area (Å²) in [4.78, 5) is 11.8. The second-order valence-corrected chi connectivity index (χ2v) is 5.90. The van der Waals surface area contributed by atoms with Crippen molar-refractivity contribution < 1.29 is 13.9 Å². The van der Waals surface area contributed by atoms with Gasteiger partial charge in [-0.15, -0.1) is 11.8 Å². The van der Waals surface area contributed by atoms with Crippen LogP contribution in [-0.2, 0) is 10.5 Å². The van der Waals surface area contributed by atoms with Crippen molar-refractivity contribution in [2.75, 3.05) is 7.11 Å². The molecule has 0 bridgehead atoms. The number of benzene rings is 1. The number of nitrogens with one attached hydrogen (secondary N) is 1. The summed E-state index contributed by atoms with van der Waals surface area (Å²) in [6.45, 7) is 5.68. The molecule has 1 amide bonds. The van der Waals surface area contributed by atoms with Crippen molar-refractivity contribution in [2.45, 2.75) is 37.8 Å². The molecule has 1 aromatic rings. The van der Waals surface area contributed by atoms with E-state index in [1.165, 1.54) is 23.9 Å². The highest BCUT2D eigenvalue weighted by Gasteiger charge is 2.15. The lowest BCUT2D eigenvalue weighted by Gasteiger charge is -2.15. The number of thioether (sulfide) groups is 1. The highest BCUT2D eigenvalue weighted by atomic mass is 32.2. The van der Waals surface area contributed by atoms with Gasteiger partial charge in [0, 0.05) is 17.4 Å². The summed E-state index contributed by atoms with van der Waals surface area (Å²) in [7, 11) is 1.55. The Hall–Kier alpha value is -1.23. The van der Waals surface area contributed by atoms with Crippen molar-refractivity contribution in [3.63, 3.8) is 0 Å². The molecule has 1 aromatic carbocycles. The monoisotopic (exact) mass is 285 g/mol. The standard InChI is InChI=1S/C14H20FNO2S/c1-9(2)16-14(17)10(3)19-8-11-7-12(15)5-6-13(11)18-4/h5-7,9-10H,8H2,1-4H3,(H,16,17)/t10-/m0/s1. The van der Waals surface area contributed by atoms with Gasteiger partial charge in [-0.2, -0.15) is 0 Å². The third-order valence-corrected chi connectivity index (χ3v) is 3.72. The summed E-state index contributed by atoms with van der Waals surface area (Å²) in [5, 5.41) is 2.67. The topological polar surface area (TPSA) is 38.3 Å². The molecule has 0 saturated heterocycles. The molecule has 3 nitrogen and oxygen atoms in total. The Morgan fingerprint density at radius 1 is 1.42 bits per heavy atom. The van der Waals surface area contributed by atoms with E-state index in [1.807, 2.05) is 20.8 Å². The molecular weight excluding hydrogens is 265 g/mol. The number of methoxy groups -OCH3 is 1. The number of amides is 1. The maximum absolute atomic E-state index is 13.2. The predicted molar refractivity (Wildman–Crippen MR) is 77.0 cm³/mol. The lowest BCUT2D eigenvalue weighted by Crippen LogP contribution is -2.35. The molecule has 5 heteroatoms. The minimum Gasteiger partial charge on any atom is -0.496 e. The molecule has 0 unspecified atom stereocenters. The van der Waals surface area contributed by atoms with Crippen molar-refractivity contribution in [1.82, 2.24) is 5.32 Å². The average Bonchev–Trinajstić information content (AvgIpc) is 2.35. The van der Waals surface area contributed by atoms with Gasteiger partial charge >= 0.3 is 0 Å². The number of carbonyl (C=O) groups is 1. The van der Waals surface area contributed by atoms with Gasteiger partial charge in [0.25, 0.3) is 0 Å². The largest absolute Gasteiger partial charge is 0.496 e. The summed E-state index contributed by atoms with van der Waals surface area (Å²) < 4.78 is 18.4. The van der Waals surface area contributed by atoms with E-state index in [2.05, 4.69) is 5.32 Å². The van der Waals surface area contributed by atoms with Crippen LogP contribution < -0.4 is 10.1 Å². The van der Waals surface area contributed by atoms with Crippen LogP contribution >= 0.6 is 11.8 Å². The second-order valence-electron chi connectivity index (χ2n) is 4.57. The minimum absolute atomic E-state index is 0.00429. The van der Waals surface area contributed by atoms with Gasteiger partial charge in [0.05, 0.1) is 12.4 Å². The zero-order chi connectivity index (χ0) is 14.4. The number of hydrogen-bond acceptors (Lipinski definition) is 3. The molecule has 0 spiro atoms. The van der Waals surface area contributed by atoms with E-state index in [0.29, 0.717) is 11.5 Å². The first-order valence-corrected chi connectivity index (χ1v) is 7.23. The van der Waals surface area contributed by atoms with Crippen molar-refractivity contribution >= 4 is 17.7 Å². The Morgan fingerprint density at radius 3 is 2.68 bits per heavy atom. The second kappa shape index (κ2) is 7.38. The summed E-state index contributed by atoms with van der Waals surface area (Å²) in [5.41, 5.74) is 0.761. The number of rotatable bonds is 6. The third kappa shape index (κ3) is 5.11. The zero-order valence-corrected chi connectivity index (χ0v) is 12.5. The summed E-state index contributed by atoms with van der Waals surface area (Å²) in [6, 6.07) is 4.53. The molecule has 106 valence electrons. The smallest absolute Gasteiger partial charge is 0.233 e. The first-order valence-electron chi connectivity index (χ1n) is 6.18. The molecule has 0 fully saturated rings. The summed E-state index contributed by atoms with van der Waals surface area (Å²) in [5.74, 6) is 0.879. The highest BCUT2D eigenvalue weighted by Crippen LogP contribution is 2.26. The minimum atomic E-state index is -0.296. The fraction of sp³-hybridized carbons (Fsp3) is 0.500. The van der Waals surface area contributed by atoms with Gasteiger partial charge in [-0.1, -0.05) is 0 Å². The number of ether oxygens (including phenoxy) is 1. The molecule has 0 saturated carbocycles. The Labute approximate surface area is 117 Å². The van der Waals surface area contributed by atoms with Crippen molar-refractivity contribution in [3.05, 3.63) is 29.6 Å². The van der Waals surface area contributed by atoms with Gasteiger partial charge in [-0.25, -0.2) is 4.39 Å². The first kappa shape index (κ1) is 15.8. The highest BCUT2D eigenvalue weighted by molar-refractivity contribution is 7.99. The Bertz CT molecular complexity index is 437. The van der Waals surface area contributed by atoms with Crippen molar-refractivity contribution in [2.24, 2.45) is 0 Å². The zero-order valence-electron chi connectivity index (χ0n) is 11.7. The van der Waals surface area contributed by atoms with E-state index in [9.17, 15) is 9.18 Å². The lowest BCUT2D eigenvalue weighted by atomic mass is 10.2. The first-order chi connectivity index (χ1) is 8.93. The lowest BCUT2D eigenvalue weighted by molar-refractivity contribution is -0.120. The van der Waals surface area contributed by atoms with E-state index in [4.69, 9.17) is 4.74 Å². The maximum Gasteiger partial charge on any atom is 0.233 e. The van der Waals surface area contributed by atoms with Crippen LogP contribution in [0.25, 0.3) is 0 Å². The quantitative estimate of drug-likeness (QED) is 0.873. The Balaban J connectivity index is 2.61. The van der Waals surface area contributed by atoms with Crippen molar-refractivity contribution in [1.29, 1.82) is 0 Å². The molecular formula is C14H20FNO2S. The molecule has 0 heterocycles. The molecule has 0 aliphatic heterocycles. The molecule has 0 radical (unpaired) electrons. The van der Waals surface area contributed by atoms with Crippen LogP contribution in [0, 0.1) is 5.82 Å². The third-order valence-electron chi connectivity index (χ3n) is 2.53. The summed E-state index contributed by atoms with van der Waals surface area (Å²) in [6.07, 6.45) is 0. The van der Waals surface area contributed by atoms with Crippen LogP contribution in [0.15, 0.2) is 18.2 Å². The van der Waals surface area contributed by atoms with E-state index in [0.717, 1.165) is 5.56 Å².